The monoisotopic (exact) mass is 343 g/mol. The van der Waals surface area contributed by atoms with Gasteiger partial charge in [-0.3, -0.25) is 14.3 Å². The molecule has 1 aromatic carbocycles. The second kappa shape index (κ2) is 7.59. The molecule has 0 aliphatic heterocycles. The molecular weight excluding hydrogens is 322 g/mol. The highest BCUT2D eigenvalue weighted by Gasteiger charge is 2.09. The number of thiophene rings is 1. The van der Waals surface area contributed by atoms with E-state index in [0.717, 1.165) is 23.5 Å². The molecule has 0 amide bonds. The number of fused-ring (bicyclic) bond motifs is 1. The molecule has 0 saturated heterocycles. The minimum Gasteiger partial charge on any atom is -0.492 e. The number of nitrogens with zero attached hydrogens (tertiary/aromatic N) is 3. The van der Waals surface area contributed by atoms with Crippen LogP contribution in [-0.4, -0.2) is 34.7 Å². The number of hydrogen-bond acceptors (Lipinski definition) is 5. The molecule has 3 rings (SSSR count). The molecule has 0 saturated carbocycles. The van der Waals surface area contributed by atoms with Crippen molar-refractivity contribution in [3.63, 3.8) is 0 Å². The fourth-order valence-electron chi connectivity index (χ4n) is 2.45. The molecule has 126 valence electrons. The SMILES string of the molecule is CCc1cc2c(=O)n(CN(C)CCOc3ccccc3)cnc2s1. The van der Waals surface area contributed by atoms with Gasteiger partial charge in [-0.15, -0.1) is 11.3 Å². The molecule has 0 fully saturated rings. The molecule has 0 atom stereocenters. The van der Waals surface area contributed by atoms with E-state index >= 15 is 0 Å². The van der Waals surface area contributed by atoms with Crippen LogP contribution in [0, 0.1) is 0 Å². The van der Waals surface area contributed by atoms with Crippen molar-refractivity contribution in [2.45, 2.75) is 20.0 Å². The highest BCUT2D eigenvalue weighted by atomic mass is 32.1. The summed E-state index contributed by atoms with van der Waals surface area (Å²) in [5.74, 6) is 0.858. The number of aromatic nitrogens is 2. The zero-order chi connectivity index (χ0) is 16.9. The Bertz CT molecular complexity index is 858. The normalized spacial score (nSPS) is 11.3. The predicted octanol–water partition coefficient (Wildman–Crippen LogP) is 2.99. The Morgan fingerprint density at radius 2 is 2.08 bits per heavy atom. The smallest absolute Gasteiger partial charge is 0.263 e. The minimum absolute atomic E-state index is 0.0202. The molecule has 0 N–H and O–H groups in total. The average Bonchev–Trinajstić information content (AvgIpc) is 3.03. The molecule has 0 spiro atoms. The van der Waals surface area contributed by atoms with Crippen molar-refractivity contribution in [1.29, 1.82) is 0 Å². The van der Waals surface area contributed by atoms with E-state index < -0.39 is 0 Å². The average molecular weight is 343 g/mol. The Morgan fingerprint density at radius 3 is 2.83 bits per heavy atom. The van der Waals surface area contributed by atoms with Gasteiger partial charge in [-0.05, 0) is 31.7 Å². The minimum atomic E-state index is 0.0202. The first kappa shape index (κ1) is 16.7. The largest absolute Gasteiger partial charge is 0.492 e. The van der Waals surface area contributed by atoms with E-state index in [2.05, 4.69) is 11.9 Å². The summed E-state index contributed by atoms with van der Waals surface area (Å²) in [6.07, 6.45) is 2.56. The molecule has 24 heavy (non-hydrogen) atoms. The number of hydrogen-bond donors (Lipinski definition) is 0. The van der Waals surface area contributed by atoms with Crippen molar-refractivity contribution in [1.82, 2.24) is 14.5 Å². The molecule has 0 aliphatic rings. The molecule has 2 heterocycles. The summed E-state index contributed by atoms with van der Waals surface area (Å²) in [6.45, 7) is 3.88. The van der Waals surface area contributed by atoms with Crippen LogP contribution in [0.15, 0.2) is 47.5 Å². The van der Waals surface area contributed by atoms with E-state index in [1.807, 2.05) is 48.3 Å². The third kappa shape index (κ3) is 3.83. The number of benzene rings is 1. The zero-order valence-electron chi connectivity index (χ0n) is 13.9. The van der Waals surface area contributed by atoms with Crippen molar-refractivity contribution in [2.24, 2.45) is 0 Å². The molecule has 5 nitrogen and oxygen atoms in total. The van der Waals surface area contributed by atoms with Gasteiger partial charge in [0, 0.05) is 11.4 Å². The lowest BCUT2D eigenvalue weighted by molar-refractivity contribution is 0.204. The lowest BCUT2D eigenvalue weighted by Crippen LogP contribution is -2.32. The Kier molecular flexibility index (Phi) is 5.27. The van der Waals surface area contributed by atoms with Gasteiger partial charge >= 0.3 is 0 Å². The number of rotatable bonds is 7. The molecule has 2 aromatic heterocycles. The Hall–Kier alpha value is -2.18. The summed E-state index contributed by atoms with van der Waals surface area (Å²) in [4.78, 5) is 21.0. The predicted molar refractivity (Wildman–Crippen MR) is 97.8 cm³/mol. The zero-order valence-corrected chi connectivity index (χ0v) is 14.8. The van der Waals surface area contributed by atoms with Crippen LogP contribution in [0.5, 0.6) is 5.75 Å². The van der Waals surface area contributed by atoms with Crippen molar-refractivity contribution in [3.05, 3.63) is 58.0 Å². The van der Waals surface area contributed by atoms with Crippen molar-refractivity contribution in [3.8, 4) is 5.75 Å². The second-order valence-corrected chi connectivity index (χ2v) is 6.80. The first-order valence-electron chi connectivity index (χ1n) is 8.01. The number of likely N-dealkylation sites (N-methyl/N-ethyl adjacent to an activating group) is 1. The van der Waals surface area contributed by atoms with Gasteiger partial charge in [-0.2, -0.15) is 0 Å². The van der Waals surface area contributed by atoms with Crippen molar-refractivity contribution in [2.75, 3.05) is 20.2 Å². The molecule has 3 aromatic rings. The first-order chi connectivity index (χ1) is 11.7. The molecule has 0 radical (unpaired) electrons. The van der Waals surface area contributed by atoms with Gasteiger partial charge in [0.2, 0.25) is 0 Å². The van der Waals surface area contributed by atoms with Gasteiger partial charge in [-0.25, -0.2) is 4.98 Å². The van der Waals surface area contributed by atoms with Crippen LogP contribution in [0.1, 0.15) is 11.8 Å². The number of aryl methyl sites for hydroxylation is 1. The fourth-order valence-corrected chi connectivity index (χ4v) is 3.38. The maximum atomic E-state index is 12.6. The topological polar surface area (TPSA) is 47.4 Å². The maximum Gasteiger partial charge on any atom is 0.263 e. The summed E-state index contributed by atoms with van der Waals surface area (Å²) in [5.41, 5.74) is 0.0202. The highest BCUT2D eigenvalue weighted by molar-refractivity contribution is 7.18. The summed E-state index contributed by atoms with van der Waals surface area (Å²) in [6, 6.07) is 11.7. The van der Waals surface area contributed by atoms with Gasteiger partial charge in [-0.1, -0.05) is 25.1 Å². The molecule has 0 aliphatic carbocycles. The van der Waals surface area contributed by atoms with Crippen LogP contribution in [0.2, 0.25) is 0 Å². The fraction of sp³-hybridized carbons (Fsp3) is 0.333. The number of para-hydroxylation sites is 1. The van der Waals surface area contributed by atoms with Crippen LogP contribution in [-0.2, 0) is 13.1 Å². The van der Waals surface area contributed by atoms with Gasteiger partial charge in [0.05, 0.1) is 12.1 Å². The van der Waals surface area contributed by atoms with Crippen LogP contribution in [0.3, 0.4) is 0 Å². The van der Waals surface area contributed by atoms with Crippen LogP contribution in [0.25, 0.3) is 10.2 Å². The van der Waals surface area contributed by atoms with Gasteiger partial charge in [0.1, 0.15) is 23.5 Å². The Balaban J connectivity index is 1.61. The van der Waals surface area contributed by atoms with Gasteiger partial charge in [0.15, 0.2) is 0 Å². The van der Waals surface area contributed by atoms with Crippen molar-refractivity contribution < 1.29 is 4.74 Å². The highest BCUT2D eigenvalue weighted by Crippen LogP contribution is 2.20. The quantitative estimate of drug-likeness (QED) is 0.662. The molecule has 6 heteroatoms. The summed E-state index contributed by atoms with van der Waals surface area (Å²) < 4.78 is 7.34. The first-order valence-corrected chi connectivity index (χ1v) is 8.83. The summed E-state index contributed by atoms with van der Waals surface area (Å²) in [7, 11) is 1.97. The summed E-state index contributed by atoms with van der Waals surface area (Å²) in [5, 5.41) is 0.716. The van der Waals surface area contributed by atoms with Crippen LogP contribution < -0.4 is 10.3 Å². The molecular formula is C18H21N3O2S. The molecule has 0 bridgehead atoms. The van der Waals surface area contributed by atoms with Crippen LogP contribution >= 0.6 is 11.3 Å². The lowest BCUT2D eigenvalue weighted by atomic mass is 10.3. The third-order valence-electron chi connectivity index (χ3n) is 3.80. The van der Waals surface area contributed by atoms with Crippen molar-refractivity contribution >= 4 is 21.6 Å². The van der Waals surface area contributed by atoms with Gasteiger partial charge in [0.25, 0.3) is 5.56 Å². The summed E-state index contributed by atoms with van der Waals surface area (Å²) >= 11 is 1.59. The van der Waals surface area contributed by atoms with E-state index in [-0.39, 0.29) is 5.56 Å². The Morgan fingerprint density at radius 1 is 1.29 bits per heavy atom. The van der Waals surface area contributed by atoms with E-state index in [1.54, 1.807) is 22.2 Å². The number of ether oxygens (including phenoxy) is 1. The standard InChI is InChI=1S/C18H21N3O2S/c1-3-15-11-16-17(24-15)19-12-21(18(16)22)13-20(2)9-10-23-14-7-5-4-6-8-14/h4-8,11-12H,3,9-10,13H2,1-2H3. The maximum absolute atomic E-state index is 12.6. The second-order valence-electron chi connectivity index (χ2n) is 5.69. The lowest BCUT2D eigenvalue weighted by Gasteiger charge is -2.18. The van der Waals surface area contributed by atoms with E-state index in [1.165, 1.54) is 4.88 Å². The van der Waals surface area contributed by atoms with Gasteiger partial charge < -0.3 is 4.74 Å². The third-order valence-corrected chi connectivity index (χ3v) is 4.98. The van der Waals surface area contributed by atoms with E-state index in [4.69, 9.17) is 4.74 Å². The Labute approximate surface area is 145 Å². The van der Waals surface area contributed by atoms with E-state index in [0.29, 0.717) is 18.7 Å². The van der Waals surface area contributed by atoms with Crippen LogP contribution in [0.4, 0.5) is 0 Å². The molecule has 0 unspecified atom stereocenters. The van der Waals surface area contributed by atoms with E-state index in [9.17, 15) is 4.79 Å².